The Morgan fingerprint density at radius 1 is 1.38 bits per heavy atom. The van der Waals surface area contributed by atoms with Crippen molar-refractivity contribution in [2.24, 2.45) is 0 Å². The molecule has 0 unspecified atom stereocenters. The van der Waals surface area contributed by atoms with Crippen LogP contribution in [-0.4, -0.2) is 12.3 Å². The Balaban J connectivity index is 2.63. The van der Waals surface area contributed by atoms with Crippen molar-refractivity contribution in [3.8, 4) is 16.9 Å². The van der Waals surface area contributed by atoms with E-state index in [1.807, 2.05) is 19.1 Å². The smallest absolute Gasteiger partial charge is 0.229 e. The average molecular weight is 283 g/mol. The lowest BCUT2D eigenvalue weighted by atomic mass is 10.1. The predicted octanol–water partition coefficient (Wildman–Crippen LogP) is 3.00. The van der Waals surface area contributed by atoms with Crippen LogP contribution in [0.2, 0.25) is 0 Å². The van der Waals surface area contributed by atoms with Gasteiger partial charge in [0.25, 0.3) is 0 Å². The number of aryl methyl sites for hydroxylation is 1. The Morgan fingerprint density at radius 2 is 2.12 bits per heavy atom. The Labute approximate surface area is 102 Å². The Morgan fingerprint density at radius 3 is 2.69 bits per heavy atom. The maximum atomic E-state index is 5.68. The minimum atomic E-state index is 0.298. The highest BCUT2D eigenvalue weighted by molar-refractivity contribution is 9.10. The highest BCUT2D eigenvalue weighted by Crippen LogP contribution is 2.39. The van der Waals surface area contributed by atoms with E-state index in [9.17, 15) is 0 Å². The zero-order valence-electron chi connectivity index (χ0n) is 8.95. The summed E-state index contributed by atoms with van der Waals surface area (Å²) in [7, 11) is 1.63. The molecule has 5 heteroatoms. The predicted molar refractivity (Wildman–Crippen MR) is 65.3 cm³/mol. The monoisotopic (exact) mass is 282 g/mol. The normalized spacial score (nSPS) is 10.4. The highest BCUT2D eigenvalue weighted by Gasteiger charge is 2.15. The van der Waals surface area contributed by atoms with Crippen LogP contribution in [0.1, 0.15) is 5.56 Å². The van der Waals surface area contributed by atoms with E-state index in [1.54, 1.807) is 13.3 Å². The third-order valence-corrected chi connectivity index (χ3v) is 3.17. The molecule has 16 heavy (non-hydrogen) atoms. The number of nitrogens with zero attached hydrogens (tertiary/aromatic N) is 1. The van der Waals surface area contributed by atoms with Gasteiger partial charge in [0, 0.05) is 5.56 Å². The summed E-state index contributed by atoms with van der Waals surface area (Å²) >= 11 is 3.50. The van der Waals surface area contributed by atoms with E-state index in [-0.39, 0.29) is 0 Å². The molecule has 4 nitrogen and oxygen atoms in total. The first-order valence-corrected chi connectivity index (χ1v) is 5.48. The summed E-state index contributed by atoms with van der Waals surface area (Å²) in [5.41, 5.74) is 8.39. The lowest BCUT2D eigenvalue weighted by Gasteiger charge is -2.10. The molecular formula is C11H11BrN2O2. The van der Waals surface area contributed by atoms with E-state index in [0.717, 1.165) is 26.9 Å². The van der Waals surface area contributed by atoms with Crippen LogP contribution in [0.25, 0.3) is 11.1 Å². The number of halogens is 1. The van der Waals surface area contributed by atoms with Gasteiger partial charge < -0.3 is 15.0 Å². The lowest BCUT2D eigenvalue weighted by Crippen LogP contribution is -1.92. The number of nitrogen functional groups attached to an aromatic ring is 1. The minimum Gasteiger partial charge on any atom is -0.495 e. The molecule has 0 bridgehead atoms. The van der Waals surface area contributed by atoms with E-state index in [4.69, 9.17) is 15.0 Å². The maximum absolute atomic E-state index is 5.68. The molecule has 84 valence electrons. The van der Waals surface area contributed by atoms with Crippen molar-refractivity contribution in [3.63, 3.8) is 0 Å². The maximum Gasteiger partial charge on any atom is 0.229 e. The zero-order valence-corrected chi connectivity index (χ0v) is 10.5. The minimum absolute atomic E-state index is 0.298. The summed E-state index contributed by atoms with van der Waals surface area (Å²) in [5, 5.41) is 3.66. The van der Waals surface area contributed by atoms with E-state index >= 15 is 0 Å². The van der Waals surface area contributed by atoms with Gasteiger partial charge in [0.15, 0.2) is 0 Å². The molecule has 0 spiro atoms. The Kier molecular flexibility index (Phi) is 2.87. The van der Waals surface area contributed by atoms with Gasteiger partial charge >= 0.3 is 0 Å². The summed E-state index contributed by atoms with van der Waals surface area (Å²) in [5.74, 6) is 1.09. The van der Waals surface area contributed by atoms with Crippen molar-refractivity contribution in [3.05, 3.63) is 28.4 Å². The molecule has 0 aliphatic carbocycles. The number of aromatic nitrogens is 1. The van der Waals surface area contributed by atoms with Gasteiger partial charge in [-0.1, -0.05) is 17.3 Å². The van der Waals surface area contributed by atoms with Gasteiger partial charge in [0.2, 0.25) is 5.88 Å². The van der Waals surface area contributed by atoms with Crippen LogP contribution in [0.3, 0.4) is 0 Å². The number of nitrogens with two attached hydrogens (primary N) is 1. The van der Waals surface area contributed by atoms with Crippen molar-refractivity contribution in [1.29, 1.82) is 0 Å². The summed E-state index contributed by atoms with van der Waals surface area (Å²) in [6, 6.07) is 3.91. The number of anilines is 1. The van der Waals surface area contributed by atoms with Crippen molar-refractivity contribution in [2.75, 3.05) is 12.8 Å². The van der Waals surface area contributed by atoms with Gasteiger partial charge in [-0.15, -0.1) is 0 Å². The van der Waals surface area contributed by atoms with Crippen molar-refractivity contribution < 1.29 is 9.26 Å². The molecule has 0 saturated heterocycles. The lowest BCUT2D eigenvalue weighted by molar-refractivity contribution is 0.409. The van der Waals surface area contributed by atoms with Crippen molar-refractivity contribution >= 4 is 21.8 Å². The number of hydrogen-bond donors (Lipinski definition) is 1. The first-order chi connectivity index (χ1) is 7.65. The number of methoxy groups -OCH3 is 1. The number of ether oxygens (including phenoxy) is 1. The van der Waals surface area contributed by atoms with Crippen LogP contribution in [0, 0.1) is 6.92 Å². The largest absolute Gasteiger partial charge is 0.495 e. The molecule has 0 saturated carbocycles. The van der Waals surface area contributed by atoms with Crippen molar-refractivity contribution in [2.45, 2.75) is 6.92 Å². The number of rotatable bonds is 2. The van der Waals surface area contributed by atoms with Crippen LogP contribution >= 0.6 is 15.9 Å². The summed E-state index contributed by atoms with van der Waals surface area (Å²) in [4.78, 5) is 0. The van der Waals surface area contributed by atoms with Gasteiger partial charge in [-0.25, -0.2) is 0 Å². The molecule has 0 fully saturated rings. The van der Waals surface area contributed by atoms with Gasteiger partial charge in [0.05, 0.1) is 23.3 Å². The number of benzene rings is 1. The fraction of sp³-hybridized carbons (Fsp3) is 0.182. The second-order valence-electron chi connectivity index (χ2n) is 3.38. The van der Waals surface area contributed by atoms with E-state index < -0.39 is 0 Å². The van der Waals surface area contributed by atoms with Gasteiger partial charge in [-0.05, 0) is 28.4 Å². The van der Waals surface area contributed by atoms with Crippen LogP contribution in [0.15, 0.2) is 27.3 Å². The third-order valence-electron chi connectivity index (χ3n) is 2.39. The number of hydrogen-bond acceptors (Lipinski definition) is 4. The molecule has 0 aliphatic rings. The topological polar surface area (TPSA) is 61.3 Å². The quantitative estimate of drug-likeness (QED) is 0.920. The van der Waals surface area contributed by atoms with Crippen LogP contribution in [-0.2, 0) is 0 Å². The van der Waals surface area contributed by atoms with E-state index in [1.165, 1.54) is 0 Å². The first-order valence-electron chi connectivity index (χ1n) is 4.68. The summed E-state index contributed by atoms with van der Waals surface area (Å²) < 4.78 is 11.0. The molecule has 1 aromatic heterocycles. The standard InChI is InChI=1S/C11H11BrN2O2/c1-6-3-4-7(9(12)10(6)15-2)8-5-14-16-11(8)13/h3-5H,13H2,1-2H3. The van der Waals surface area contributed by atoms with E-state index in [2.05, 4.69) is 21.1 Å². The zero-order chi connectivity index (χ0) is 11.7. The highest BCUT2D eigenvalue weighted by atomic mass is 79.9. The van der Waals surface area contributed by atoms with Crippen LogP contribution < -0.4 is 10.5 Å². The second kappa shape index (κ2) is 4.17. The molecule has 1 heterocycles. The average Bonchev–Trinajstić information content (AvgIpc) is 2.66. The molecular weight excluding hydrogens is 272 g/mol. The van der Waals surface area contributed by atoms with Gasteiger partial charge in [-0.3, -0.25) is 0 Å². The molecule has 1 aromatic carbocycles. The molecule has 2 aromatic rings. The van der Waals surface area contributed by atoms with Crippen LogP contribution in [0.4, 0.5) is 5.88 Å². The molecule has 2 rings (SSSR count). The molecule has 0 radical (unpaired) electrons. The first kappa shape index (κ1) is 11.0. The summed E-state index contributed by atoms with van der Waals surface area (Å²) in [6.07, 6.45) is 1.59. The molecule has 0 aliphatic heterocycles. The molecule has 0 amide bonds. The van der Waals surface area contributed by atoms with Crippen molar-refractivity contribution in [1.82, 2.24) is 5.16 Å². The van der Waals surface area contributed by atoms with Gasteiger partial charge in [0.1, 0.15) is 5.75 Å². The molecule has 0 atom stereocenters. The fourth-order valence-electron chi connectivity index (χ4n) is 1.56. The third kappa shape index (κ3) is 1.67. The fourth-order valence-corrected chi connectivity index (χ4v) is 2.38. The Bertz CT molecular complexity index is 523. The summed E-state index contributed by atoms with van der Waals surface area (Å²) in [6.45, 7) is 1.98. The Hall–Kier alpha value is -1.49. The molecule has 2 N–H and O–H groups in total. The van der Waals surface area contributed by atoms with Crippen LogP contribution in [0.5, 0.6) is 5.75 Å². The second-order valence-corrected chi connectivity index (χ2v) is 4.17. The SMILES string of the molecule is COc1c(C)ccc(-c2cnoc2N)c1Br. The van der Waals surface area contributed by atoms with Gasteiger partial charge in [-0.2, -0.15) is 0 Å². The van der Waals surface area contributed by atoms with E-state index in [0.29, 0.717) is 5.88 Å².